The lowest BCUT2D eigenvalue weighted by Crippen LogP contribution is -2.32. The van der Waals surface area contributed by atoms with Crippen LogP contribution in [-0.2, 0) is 14.3 Å². The van der Waals surface area contributed by atoms with Gasteiger partial charge in [0.15, 0.2) is 0 Å². The fourth-order valence-electron chi connectivity index (χ4n) is 7.13. The molecule has 0 spiro atoms. The molecule has 6 aromatic rings. The van der Waals surface area contributed by atoms with Gasteiger partial charge in [0.05, 0.1) is 43.0 Å². The Bertz CT molecular complexity index is 2190. The van der Waals surface area contributed by atoms with Crippen LogP contribution in [0.1, 0.15) is 108 Å². The van der Waals surface area contributed by atoms with E-state index in [4.69, 9.17) is 5.73 Å². The first kappa shape index (κ1) is 46.5. The molecule has 0 bridgehead atoms. The van der Waals surface area contributed by atoms with Gasteiger partial charge in [-0.3, -0.25) is 9.59 Å². The van der Waals surface area contributed by atoms with E-state index in [0.29, 0.717) is 5.92 Å². The molecule has 2 aromatic heterocycles. The lowest BCUT2D eigenvalue weighted by molar-refractivity contribution is -0.111. The third-order valence-corrected chi connectivity index (χ3v) is 10.8. The summed E-state index contributed by atoms with van der Waals surface area (Å²) in [5, 5.41) is 8.53. The van der Waals surface area contributed by atoms with Gasteiger partial charge in [-0.25, -0.2) is 14.8 Å². The van der Waals surface area contributed by atoms with Gasteiger partial charge in [-0.15, -0.1) is 0 Å². The second-order valence-corrected chi connectivity index (χ2v) is 17.6. The van der Waals surface area contributed by atoms with Crippen molar-refractivity contribution in [1.29, 1.82) is 0 Å². The van der Waals surface area contributed by atoms with E-state index in [1.54, 1.807) is 12.4 Å². The molecule has 4 aromatic carbocycles. The SMILES string of the molecule is CC(C)(C)C(NC=O)c1ncc(-c2ccc(-c3ccc(-c4cnc(C(NC=O)C(C)(C)C)[nH]4)cc3)cc2)[nH]1.CCC(N)c1ccccc1.COC(=O)NC1CC1c1ccccc1. The van der Waals surface area contributed by atoms with E-state index >= 15 is 0 Å². The van der Waals surface area contributed by atoms with Gasteiger partial charge in [-0.2, -0.15) is 0 Å². The first-order valence-corrected chi connectivity index (χ1v) is 21.1. The Morgan fingerprint density at radius 3 is 1.52 bits per heavy atom. The van der Waals surface area contributed by atoms with Gasteiger partial charge in [-0.1, -0.05) is 158 Å². The number of rotatable bonds is 13. The number of ether oxygens (including phenoxy) is 1. The maximum Gasteiger partial charge on any atom is 0.407 e. The van der Waals surface area contributed by atoms with E-state index in [9.17, 15) is 14.4 Å². The van der Waals surface area contributed by atoms with Crippen LogP contribution in [-0.4, -0.2) is 52.0 Å². The first-order chi connectivity index (χ1) is 29.7. The van der Waals surface area contributed by atoms with Crippen molar-refractivity contribution < 1.29 is 19.1 Å². The summed E-state index contributed by atoms with van der Waals surface area (Å²) >= 11 is 0. The van der Waals surface area contributed by atoms with Crippen molar-refractivity contribution in [3.05, 3.63) is 144 Å². The molecule has 326 valence electrons. The second kappa shape index (κ2) is 21.3. The van der Waals surface area contributed by atoms with Crippen LogP contribution in [0.3, 0.4) is 0 Å². The Labute approximate surface area is 365 Å². The van der Waals surface area contributed by atoms with Gasteiger partial charge < -0.3 is 36.4 Å². The minimum atomic E-state index is -0.339. The summed E-state index contributed by atoms with van der Waals surface area (Å²) in [4.78, 5) is 48.9. The summed E-state index contributed by atoms with van der Waals surface area (Å²) in [6, 6.07) is 37.0. The summed E-state index contributed by atoms with van der Waals surface area (Å²) in [5.74, 6) is 1.93. The molecule has 12 nitrogen and oxygen atoms in total. The van der Waals surface area contributed by atoms with E-state index in [0.717, 1.165) is 71.0 Å². The smallest absolute Gasteiger partial charge is 0.407 e. The number of alkyl carbamates (subject to hydrolysis) is 1. The van der Waals surface area contributed by atoms with Crippen molar-refractivity contribution in [2.75, 3.05) is 7.11 Å². The number of aromatic amines is 2. The van der Waals surface area contributed by atoms with E-state index in [-0.39, 0.29) is 41.1 Å². The fourth-order valence-corrected chi connectivity index (χ4v) is 7.13. The molecule has 5 unspecified atom stereocenters. The van der Waals surface area contributed by atoms with Gasteiger partial charge >= 0.3 is 6.09 Å². The molecule has 0 saturated heterocycles. The predicted octanol–water partition coefficient (Wildman–Crippen LogP) is 9.80. The molecule has 0 radical (unpaired) electrons. The highest BCUT2D eigenvalue weighted by molar-refractivity contribution is 5.71. The Morgan fingerprint density at radius 2 is 1.13 bits per heavy atom. The number of methoxy groups -OCH3 is 1. The van der Waals surface area contributed by atoms with Crippen molar-refractivity contribution in [1.82, 2.24) is 35.9 Å². The molecule has 1 aliphatic carbocycles. The molecule has 0 aliphatic heterocycles. The van der Waals surface area contributed by atoms with Crippen LogP contribution < -0.4 is 21.7 Å². The van der Waals surface area contributed by atoms with E-state index in [2.05, 4.69) is 162 Å². The van der Waals surface area contributed by atoms with Gasteiger partial charge in [0, 0.05) is 18.0 Å². The lowest BCUT2D eigenvalue weighted by Gasteiger charge is -2.28. The minimum absolute atomic E-state index is 0.176. The van der Waals surface area contributed by atoms with Crippen molar-refractivity contribution in [2.45, 2.75) is 91.4 Å². The number of nitrogens with two attached hydrogens (primary N) is 1. The number of carbonyl (C=O) groups excluding carboxylic acids is 3. The molecule has 7 N–H and O–H groups in total. The molecular formula is C50H62N8O4. The fraction of sp³-hybridized carbons (Fsp3) is 0.340. The van der Waals surface area contributed by atoms with Gasteiger partial charge in [-0.05, 0) is 57.1 Å². The number of benzene rings is 4. The Kier molecular flexibility index (Phi) is 16.0. The number of nitrogens with one attached hydrogen (secondary N) is 5. The number of aromatic nitrogens is 4. The molecule has 5 atom stereocenters. The highest BCUT2D eigenvalue weighted by atomic mass is 16.5. The Hall–Kier alpha value is -6.53. The van der Waals surface area contributed by atoms with Gasteiger partial charge in [0.1, 0.15) is 11.6 Å². The highest BCUT2D eigenvalue weighted by Crippen LogP contribution is 2.40. The molecule has 2 heterocycles. The molecule has 1 fully saturated rings. The van der Waals surface area contributed by atoms with Crippen LogP contribution in [0.4, 0.5) is 4.79 Å². The van der Waals surface area contributed by atoms with Crippen molar-refractivity contribution in [2.24, 2.45) is 16.6 Å². The van der Waals surface area contributed by atoms with Crippen molar-refractivity contribution >= 4 is 18.9 Å². The number of imidazole rings is 2. The lowest BCUT2D eigenvalue weighted by atomic mass is 9.86. The van der Waals surface area contributed by atoms with Crippen LogP contribution in [0.25, 0.3) is 33.6 Å². The second-order valence-electron chi connectivity index (χ2n) is 17.6. The van der Waals surface area contributed by atoms with E-state index in [1.165, 1.54) is 18.2 Å². The summed E-state index contributed by atoms with van der Waals surface area (Å²) in [6.45, 7) is 14.5. The van der Waals surface area contributed by atoms with Crippen molar-refractivity contribution in [3.63, 3.8) is 0 Å². The van der Waals surface area contributed by atoms with Crippen LogP contribution in [0, 0.1) is 10.8 Å². The zero-order valence-corrected chi connectivity index (χ0v) is 37.1. The zero-order valence-electron chi connectivity index (χ0n) is 37.1. The molecular weight excluding hydrogens is 777 g/mol. The molecule has 7 rings (SSSR count). The number of hydrogen-bond donors (Lipinski definition) is 6. The van der Waals surface area contributed by atoms with Crippen LogP contribution in [0.15, 0.2) is 122 Å². The minimum Gasteiger partial charge on any atom is -0.453 e. The molecule has 1 saturated carbocycles. The van der Waals surface area contributed by atoms with Gasteiger partial charge in [0.25, 0.3) is 0 Å². The van der Waals surface area contributed by atoms with Crippen LogP contribution in [0.5, 0.6) is 0 Å². The standard InChI is InChI=1S/C30H36N6O2.C11H13NO2.C9H13N/c1-29(2,3)25(33-17-37)27-31-15-23(35-27)21-11-7-19(8-12-21)20-9-13-22(14-10-20)24-16-32-28(36-24)26(34-18-38)30(4,5)6;1-14-11(13)12-10-7-9(10)8-5-3-2-4-6-8;1-2-9(10)8-6-4-3-5-7-8/h7-18,25-26H,1-6H3,(H,31,35)(H,32,36)(H,33,37)(H,34,38);2-6,9-10H,7H2,1H3,(H,12,13);3-7,9H,2,10H2,1H3. The number of carbonyl (C=O) groups is 3. The average Bonchev–Trinajstić information content (AvgIpc) is 3.60. The molecule has 3 amide bonds. The first-order valence-electron chi connectivity index (χ1n) is 21.1. The number of H-pyrrole nitrogens is 2. The normalized spacial score (nSPS) is 15.8. The zero-order chi connectivity index (χ0) is 44.9. The van der Waals surface area contributed by atoms with E-state index in [1.807, 2.05) is 36.4 Å². The van der Waals surface area contributed by atoms with Crippen LogP contribution in [0.2, 0.25) is 0 Å². The monoisotopic (exact) mass is 838 g/mol. The summed E-state index contributed by atoms with van der Waals surface area (Å²) in [5.41, 5.74) is 14.0. The number of nitrogens with zero attached hydrogens (tertiary/aromatic N) is 2. The summed E-state index contributed by atoms with van der Waals surface area (Å²) in [6.07, 6.45) is 6.72. The number of amides is 3. The van der Waals surface area contributed by atoms with Crippen LogP contribution >= 0.6 is 0 Å². The largest absolute Gasteiger partial charge is 0.453 e. The van der Waals surface area contributed by atoms with E-state index < -0.39 is 0 Å². The summed E-state index contributed by atoms with van der Waals surface area (Å²) in [7, 11) is 1.38. The average molecular weight is 839 g/mol. The maximum absolute atomic E-state index is 11.1. The maximum atomic E-state index is 11.1. The molecule has 12 heteroatoms. The predicted molar refractivity (Wildman–Crippen MR) is 247 cm³/mol. The summed E-state index contributed by atoms with van der Waals surface area (Å²) < 4.78 is 4.54. The Morgan fingerprint density at radius 1 is 0.710 bits per heavy atom. The van der Waals surface area contributed by atoms with Crippen molar-refractivity contribution in [3.8, 4) is 33.6 Å². The number of hydrogen-bond acceptors (Lipinski definition) is 7. The quantitative estimate of drug-likeness (QED) is 0.0627. The van der Waals surface area contributed by atoms with Gasteiger partial charge in [0.2, 0.25) is 12.8 Å². The third-order valence-electron chi connectivity index (χ3n) is 10.8. The third kappa shape index (κ3) is 12.7. The molecule has 1 aliphatic rings. The topological polar surface area (TPSA) is 180 Å². The molecule has 62 heavy (non-hydrogen) atoms. The Balaban J connectivity index is 0.000000243. The highest BCUT2D eigenvalue weighted by Gasteiger charge is 2.39.